The van der Waals surface area contributed by atoms with Crippen molar-refractivity contribution >= 4 is 11.8 Å². The van der Waals surface area contributed by atoms with Crippen LogP contribution >= 0.6 is 0 Å². The molecule has 1 atom stereocenters. The maximum Gasteiger partial charge on any atom is 0.274 e. The average Bonchev–Trinajstić information content (AvgIpc) is 2.83. The minimum atomic E-state index is -0.0491. The quantitative estimate of drug-likeness (QED) is 0.806. The van der Waals surface area contributed by atoms with Crippen molar-refractivity contribution in [2.45, 2.75) is 38.3 Å². The van der Waals surface area contributed by atoms with Gasteiger partial charge in [-0.2, -0.15) is 0 Å². The van der Waals surface area contributed by atoms with Gasteiger partial charge in [-0.3, -0.25) is 24.5 Å². The lowest BCUT2D eigenvalue weighted by Crippen LogP contribution is -2.51. The molecule has 0 bridgehead atoms. The van der Waals surface area contributed by atoms with Crippen LogP contribution in [-0.4, -0.2) is 68.8 Å². The topological polar surface area (TPSA) is 91.3 Å². The number of carbonyl (C=O) groups excluding carboxylic acids is 2. The highest BCUT2D eigenvalue weighted by Crippen LogP contribution is 2.24. The van der Waals surface area contributed by atoms with Crippen LogP contribution in [0.3, 0.4) is 0 Å². The first-order valence-corrected chi connectivity index (χ1v) is 10.7. The van der Waals surface area contributed by atoms with E-state index in [9.17, 15) is 9.59 Å². The van der Waals surface area contributed by atoms with E-state index >= 15 is 0 Å². The van der Waals surface area contributed by atoms with Crippen LogP contribution in [0.1, 0.15) is 41.9 Å². The highest BCUT2D eigenvalue weighted by Gasteiger charge is 2.32. The van der Waals surface area contributed by atoms with Gasteiger partial charge < -0.3 is 10.2 Å². The second-order valence-corrected chi connectivity index (χ2v) is 7.99. The van der Waals surface area contributed by atoms with E-state index in [0.29, 0.717) is 31.4 Å². The SMILES string of the molecule is O=C(NCc1ccccn1)C1CCCN(C2CCN(C(=O)c3cnccn3)CC2)C1. The summed E-state index contributed by atoms with van der Waals surface area (Å²) in [7, 11) is 0. The van der Waals surface area contributed by atoms with Gasteiger partial charge in [-0.1, -0.05) is 6.07 Å². The lowest BCUT2D eigenvalue weighted by atomic mass is 9.93. The zero-order valence-corrected chi connectivity index (χ0v) is 17.1. The molecule has 2 amide bonds. The Labute approximate surface area is 176 Å². The van der Waals surface area contributed by atoms with Crippen LogP contribution in [0.25, 0.3) is 0 Å². The molecule has 2 aromatic heterocycles. The number of aromatic nitrogens is 3. The predicted molar refractivity (Wildman–Crippen MR) is 111 cm³/mol. The van der Waals surface area contributed by atoms with Crippen LogP contribution in [0, 0.1) is 5.92 Å². The standard InChI is InChI=1S/C22H28N6O2/c29-21(26-14-18-5-1-2-8-24-18)17-4-3-11-28(16-17)19-6-12-27(13-7-19)22(30)20-15-23-9-10-25-20/h1-2,5,8-10,15,17,19H,3-4,6-7,11-14,16H2,(H,26,29). The third kappa shape index (κ3) is 4.99. The molecule has 2 aliphatic rings. The Balaban J connectivity index is 1.26. The number of nitrogens with one attached hydrogen (secondary N) is 1. The van der Waals surface area contributed by atoms with Crippen molar-refractivity contribution < 1.29 is 9.59 Å². The van der Waals surface area contributed by atoms with Gasteiger partial charge in [0.1, 0.15) is 5.69 Å². The van der Waals surface area contributed by atoms with Crippen LogP contribution in [0.15, 0.2) is 43.0 Å². The first kappa shape index (κ1) is 20.4. The molecule has 2 aliphatic heterocycles. The molecule has 0 saturated carbocycles. The van der Waals surface area contributed by atoms with Crippen molar-refractivity contribution in [1.29, 1.82) is 0 Å². The van der Waals surface area contributed by atoms with Crippen molar-refractivity contribution in [1.82, 2.24) is 30.1 Å². The molecule has 0 aliphatic carbocycles. The Bertz CT molecular complexity index is 839. The molecule has 4 rings (SSSR count). The van der Waals surface area contributed by atoms with Gasteiger partial charge in [0.05, 0.1) is 24.4 Å². The van der Waals surface area contributed by atoms with E-state index in [2.05, 4.69) is 25.2 Å². The largest absolute Gasteiger partial charge is 0.350 e. The van der Waals surface area contributed by atoms with Crippen LogP contribution in [-0.2, 0) is 11.3 Å². The summed E-state index contributed by atoms with van der Waals surface area (Å²) in [5.74, 6) is 0.0781. The molecule has 0 aromatic carbocycles. The highest BCUT2D eigenvalue weighted by molar-refractivity contribution is 5.92. The van der Waals surface area contributed by atoms with Crippen molar-refractivity contribution in [3.63, 3.8) is 0 Å². The van der Waals surface area contributed by atoms with Crippen LogP contribution < -0.4 is 5.32 Å². The summed E-state index contributed by atoms with van der Waals surface area (Å²) in [5, 5.41) is 3.04. The normalized spacial score (nSPS) is 20.7. The molecule has 2 aromatic rings. The number of nitrogens with zero attached hydrogens (tertiary/aromatic N) is 5. The second kappa shape index (κ2) is 9.75. The van der Waals surface area contributed by atoms with E-state index in [1.165, 1.54) is 6.20 Å². The zero-order valence-electron chi connectivity index (χ0n) is 17.1. The van der Waals surface area contributed by atoms with Crippen molar-refractivity contribution in [3.05, 3.63) is 54.4 Å². The van der Waals surface area contributed by atoms with Gasteiger partial charge in [0.15, 0.2) is 0 Å². The fourth-order valence-electron chi connectivity index (χ4n) is 4.38. The molecule has 158 valence electrons. The van der Waals surface area contributed by atoms with Crippen LogP contribution in [0.5, 0.6) is 0 Å². The van der Waals surface area contributed by atoms with Crippen molar-refractivity contribution in [3.8, 4) is 0 Å². The van der Waals surface area contributed by atoms with E-state index in [4.69, 9.17) is 0 Å². The van der Waals surface area contributed by atoms with E-state index in [0.717, 1.165) is 44.5 Å². The van der Waals surface area contributed by atoms with E-state index < -0.39 is 0 Å². The maximum atomic E-state index is 12.7. The molecule has 4 heterocycles. The van der Waals surface area contributed by atoms with Gasteiger partial charge in [-0.05, 0) is 44.4 Å². The van der Waals surface area contributed by atoms with Crippen molar-refractivity contribution in [2.75, 3.05) is 26.2 Å². The van der Waals surface area contributed by atoms with E-state index in [-0.39, 0.29) is 17.7 Å². The Hall–Kier alpha value is -2.87. The first-order chi connectivity index (χ1) is 14.7. The molecule has 0 spiro atoms. The zero-order chi connectivity index (χ0) is 20.8. The highest BCUT2D eigenvalue weighted by atomic mass is 16.2. The number of likely N-dealkylation sites (tertiary alicyclic amines) is 2. The third-order valence-corrected chi connectivity index (χ3v) is 6.04. The average molecular weight is 409 g/mol. The number of piperidine rings is 2. The number of rotatable bonds is 5. The van der Waals surface area contributed by atoms with E-state index in [1.807, 2.05) is 23.1 Å². The molecule has 2 fully saturated rings. The Morgan fingerprint density at radius 1 is 1.03 bits per heavy atom. The molecule has 1 N–H and O–H groups in total. The lowest BCUT2D eigenvalue weighted by Gasteiger charge is -2.42. The molecule has 2 saturated heterocycles. The number of hydrogen-bond donors (Lipinski definition) is 1. The molecule has 8 heteroatoms. The number of hydrogen-bond acceptors (Lipinski definition) is 6. The van der Waals surface area contributed by atoms with Gasteiger partial charge in [0.25, 0.3) is 5.91 Å². The van der Waals surface area contributed by atoms with Crippen LogP contribution in [0.2, 0.25) is 0 Å². The minimum Gasteiger partial charge on any atom is -0.350 e. The minimum absolute atomic E-state index is 0.0155. The monoisotopic (exact) mass is 408 g/mol. The Morgan fingerprint density at radius 2 is 1.90 bits per heavy atom. The van der Waals surface area contributed by atoms with Gasteiger partial charge in [0, 0.05) is 44.3 Å². The summed E-state index contributed by atoms with van der Waals surface area (Å²) in [4.78, 5) is 41.9. The summed E-state index contributed by atoms with van der Waals surface area (Å²) in [6, 6.07) is 6.14. The predicted octanol–water partition coefficient (Wildman–Crippen LogP) is 1.50. The summed E-state index contributed by atoms with van der Waals surface area (Å²) in [6.45, 7) is 3.71. The summed E-state index contributed by atoms with van der Waals surface area (Å²) >= 11 is 0. The molecular weight excluding hydrogens is 380 g/mol. The summed E-state index contributed by atoms with van der Waals surface area (Å²) in [6.07, 6.45) is 10.2. The number of pyridine rings is 1. The lowest BCUT2D eigenvalue weighted by molar-refractivity contribution is -0.127. The fourth-order valence-corrected chi connectivity index (χ4v) is 4.38. The maximum absolute atomic E-state index is 12.7. The number of carbonyl (C=O) groups is 2. The third-order valence-electron chi connectivity index (χ3n) is 6.04. The fraction of sp³-hybridized carbons (Fsp3) is 0.500. The van der Waals surface area contributed by atoms with Gasteiger partial charge in [0.2, 0.25) is 5.91 Å². The molecule has 1 unspecified atom stereocenters. The molecule has 0 radical (unpaired) electrons. The van der Waals surface area contributed by atoms with Crippen molar-refractivity contribution in [2.24, 2.45) is 5.92 Å². The Kier molecular flexibility index (Phi) is 6.63. The van der Waals surface area contributed by atoms with Gasteiger partial charge in [-0.15, -0.1) is 0 Å². The van der Waals surface area contributed by atoms with Gasteiger partial charge in [-0.25, -0.2) is 4.98 Å². The Morgan fingerprint density at radius 3 is 2.63 bits per heavy atom. The molecule has 30 heavy (non-hydrogen) atoms. The molecule has 8 nitrogen and oxygen atoms in total. The van der Waals surface area contributed by atoms with Crippen LogP contribution in [0.4, 0.5) is 0 Å². The number of amides is 2. The summed E-state index contributed by atoms with van der Waals surface area (Å²) in [5.41, 5.74) is 1.28. The first-order valence-electron chi connectivity index (χ1n) is 10.7. The molecular formula is C22H28N6O2. The summed E-state index contributed by atoms with van der Waals surface area (Å²) < 4.78 is 0. The smallest absolute Gasteiger partial charge is 0.274 e. The van der Waals surface area contributed by atoms with Gasteiger partial charge >= 0.3 is 0 Å². The second-order valence-electron chi connectivity index (χ2n) is 7.99. The van der Waals surface area contributed by atoms with E-state index in [1.54, 1.807) is 18.6 Å².